The molecule has 0 unspecified atom stereocenters. The number of benzene rings is 1. The van der Waals surface area contributed by atoms with Crippen LogP contribution < -0.4 is 5.73 Å². The van der Waals surface area contributed by atoms with Gasteiger partial charge in [-0.1, -0.05) is 24.3 Å². The quantitative estimate of drug-likeness (QED) is 0.776. The number of nitrogens with zero attached hydrogens (tertiary/aromatic N) is 1. The SMILES string of the molecule is Cc1ccccc1C(=O)c1cccnc1N. The smallest absolute Gasteiger partial charge is 0.196 e. The molecule has 2 aromatic rings. The van der Waals surface area contributed by atoms with Gasteiger partial charge < -0.3 is 5.73 Å². The number of aryl methyl sites for hydroxylation is 1. The van der Waals surface area contributed by atoms with Crippen LogP contribution in [0.25, 0.3) is 0 Å². The van der Waals surface area contributed by atoms with Crippen LogP contribution >= 0.6 is 0 Å². The van der Waals surface area contributed by atoms with Crippen molar-refractivity contribution in [2.24, 2.45) is 0 Å². The van der Waals surface area contributed by atoms with Crippen LogP contribution in [0, 0.1) is 6.92 Å². The van der Waals surface area contributed by atoms with Crippen molar-refractivity contribution in [3.8, 4) is 0 Å². The molecule has 80 valence electrons. The Hall–Kier alpha value is -2.16. The first-order valence-corrected chi connectivity index (χ1v) is 5.01. The average Bonchev–Trinajstić information content (AvgIpc) is 2.29. The van der Waals surface area contributed by atoms with E-state index in [1.165, 1.54) is 0 Å². The van der Waals surface area contributed by atoms with E-state index in [4.69, 9.17) is 5.73 Å². The van der Waals surface area contributed by atoms with E-state index in [1.54, 1.807) is 24.4 Å². The van der Waals surface area contributed by atoms with Crippen LogP contribution in [0.1, 0.15) is 21.5 Å². The molecule has 0 bridgehead atoms. The highest BCUT2D eigenvalue weighted by Crippen LogP contribution is 2.16. The Kier molecular flexibility index (Phi) is 2.68. The summed E-state index contributed by atoms with van der Waals surface area (Å²) in [4.78, 5) is 16.1. The van der Waals surface area contributed by atoms with E-state index in [9.17, 15) is 4.79 Å². The second kappa shape index (κ2) is 4.14. The van der Waals surface area contributed by atoms with Crippen LogP contribution in [0.2, 0.25) is 0 Å². The van der Waals surface area contributed by atoms with Crippen LogP contribution in [-0.2, 0) is 0 Å². The van der Waals surface area contributed by atoms with Gasteiger partial charge in [-0.15, -0.1) is 0 Å². The van der Waals surface area contributed by atoms with Gasteiger partial charge in [0.1, 0.15) is 5.82 Å². The molecule has 0 fully saturated rings. The molecule has 1 aromatic heterocycles. The maximum atomic E-state index is 12.2. The lowest BCUT2D eigenvalue weighted by molar-refractivity contribution is 0.103. The fourth-order valence-corrected chi connectivity index (χ4v) is 1.58. The van der Waals surface area contributed by atoms with Gasteiger partial charge in [-0.2, -0.15) is 0 Å². The largest absolute Gasteiger partial charge is 0.383 e. The van der Waals surface area contributed by atoms with Crippen molar-refractivity contribution >= 4 is 11.6 Å². The number of carbonyl (C=O) groups excluding carboxylic acids is 1. The van der Waals surface area contributed by atoms with E-state index in [0.29, 0.717) is 11.1 Å². The van der Waals surface area contributed by atoms with E-state index in [-0.39, 0.29) is 11.6 Å². The van der Waals surface area contributed by atoms with Crippen LogP contribution in [-0.4, -0.2) is 10.8 Å². The third-order valence-corrected chi connectivity index (χ3v) is 2.47. The van der Waals surface area contributed by atoms with Gasteiger partial charge in [0.15, 0.2) is 5.78 Å². The summed E-state index contributed by atoms with van der Waals surface area (Å²) in [5.74, 6) is 0.194. The maximum Gasteiger partial charge on any atom is 0.196 e. The van der Waals surface area contributed by atoms with E-state index in [1.807, 2.05) is 25.1 Å². The van der Waals surface area contributed by atoms with Crippen LogP contribution in [0.4, 0.5) is 5.82 Å². The maximum absolute atomic E-state index is 12.2. The Bertz CT molecular complexity index is 487. The van der Waals surface area contributed by atoms with Crippen LogP contribution in [0.5, 0.6) is 0 Å². The molecule has 0 aliphatic heterocycles. The first kappa shape index (κ1) is 10.4. The summed E-state index contributed by atoms with van der Waals surface area (Å²) in [7, 11) is 0. The molecule has 0 aliphatic carbocycles. The summed E-state index contributed by atoms with van der Waals surface area (Å²) in [6, 6.07) is 10.8. The summed E-state index contributed by atoms with van der Waals surface area (Å²) >= 11 is 0. The lowest BCUT2D eigenvalue weighted by Gasteiger charge is -2.05. The Morgan fingerprint density at radius 2 is 1.81 bits per heavy atom. The Morgan fingerprint density at radius 3 is 2.50 bits per heavy atom. The van der Waals surface area contributed by atoms with Crippen molar-refractivity contribution in [3.05, 3.63) is 59.3 Å². The number of pyridine rings is 1. The van der Waals surface area contributed by atoms with E-state index < -0.39 is 0 Å². The molecular formula is C13H12N2O. The minimum atomic E-state index is -0.0799. The van der Waals surface area contributed by atoms with Crippen molar-refractivity contribution in [2.75, 3.05) is 5.73 Å². The zero-order valence-electron chi connectivity index (χ0n) is 8.97. The zero-order valence-corrected chi connectivity index (χ0v) is 8.97. The van der Waals surface area contributed by atoms with Gasteiger partial charge in [0, 0.05) is 11.8 Å². The zero-order chi connectivity index (χ0) is 11.5. The summed E-state index contributed by atoms with van der Waals surface area (Å²) in [6.45, 7) is 1.90. The highest BCUT2D eigenvalue weighted by atomic mass is 16.1. The van der Waals surface area contributed by atoms with Crippen molar-refractivity contribution in [3.63, 3.8) is 0 Å². The van der Waals surface area contributed by atoms with Gasteiger partial charge in [-0.3, -0.25) is 4.79 Å². The van der Waals surface area contributed by atoms with Crippen LogP contribution in [0.15, 0.2) is 42.6 Å². The molecule has 0 spiro atoms. The van der Waals surface area contributed by atoms with Gasteiger partial charge in [0.05, 0.1) is 5.56 Å². The summed E-state index contributed by atoms with van der Waals surface area (Å²) in [5, 5.41) is 0. The summed E-state index contributed by atoms with van der Waals surface area (Å²) < 4.78 is 0. The Morgan fingerprint density at radius 1 is 1.12 bits per heavy atom. The fraction of sp³-hybridized carbons (Fsp3) is 0.0769. The number of hydrogen-bond donors (Lipinski definition) is 1. The average molecular weight is 212 g/mol. The molecule has 2 rings (SSSR count). The molecule has 0 atom stereocenters. The predicted octanol–water partition coefficient (Wildman–Crippen LogP) is 2.20. The highest BCUT2D eigenvalue weighted by molar-refractivity contribution is 6.12. The number of rotatable bonds is 2. The number of anilines is 1. The number of aromatic nitrogens is 1. The van der Waals surface area contributed by atoms with E-state index in [0.717, 1.165) is 5.56 Å². The number of nitrogen functional groups attached to an aromatic ring is 1. The van der Waals surface area contributed by atoms with E-state index in [2.05, 4.69) is 4.98 Å². The third-order valence-electron chi connectivity index (χ3n) is 2.47. The number of hydrogen-bond acceptors (Lipinski definition) is 3. The summed E-state index contributed by atoms with van der Waals surface area (Å²) in [6.07, 6.45) is 1.57. The first-order valence-electron chi connectivity index (χ1n) is 5.01. The monoisotopic (exact) mass is 212 g/mol. The molecule has 0 radical (unpaired) electrons. The molecular weight excluding hydrogens is 200 g/mol. The molecule has 3 nitrogen and oxygen atoms in total. The predicted molar refractivity (Wildman–Crippen MR) is 63.3 cm³/mol. The van der Waals surface area contributed by atoms with Gasteiger partial charge >= 0.3 is 0 Å². The Labute approximate surface area is 93.9 Å². The minimum absolute atomic E-state index is 0.0799. The lowest BCUT2D eigenvalue weighted by Crippen LogP contribution is -2.07. The first-order chi connectivity index (χ1) is 7.70. The molecule has 16 heavy (non-hydrogen) atoms. The second-order valence-corrected chi connectivity index (χ2v) is 3.58. The second-order valence-electron chi connectivity index (χ2n) is 3.58. The molecule has 0 saturated heterocycles. The standard InChI is InChI=1S/C13H12N2O/c1-9-5-2-3-6-10(9)12(16)11-7-4-8-15-13(11)14/h2-8H,1H3,(H2,14,15). The minimum Gasteiger partial charge on any atom is -0.383 e. The molecule has 1 heterocycles. The van der Waals surface area contributed by atoms with Crippen molar-refractivity contribution in [1.82, 2.24) is 4.98 Å². The number of carbonyl (C=O) groups is 1. The molecule has 0 amide bonds. The highest BCUT2D eigenvalue weighted by Gasteiger charge is 2.13. The molecule has 1 aromatic carbocycles. The van der Waals surface area contributed by atoms with Gasteiger partial charge in [0.2, 0.25) is 0 Å². The van der Waals surface area contributed by atoms with Crippen LogP contribution in [0.3, 0.4) is 0 Å². The topological polar surface area (TPSA) is 56.0 Å². The van der Waals surface area contributed by atoms with Crippen molar-refractivity contribution in [2.45, 2.75) is 6.92 Å². The van der Waals surface area contributed by atoms with Gasteiger partial charge in [-0.25, -0.2) is 4.98 Å². The van der Waals surface area contributed by atoms with Gasteiger partial charge in [0.25, 0.3) is 0 Å². The van der Waals surface area contributed by atoms with Gasteiger partial charge in [-0.05, 0) is 24.6 Å². The summed E-state index contributed by atoms with van der Waals surface area (Å²) in [5.41, 5.74) is 7.74. The Balaban J connectivity index is 2.48. The molecule has 2 N–H and O–H groups in total. The lowest BCUT2D eigenvalue weighted by atomic mass is 10.00. The number of nitrogens with two attached hydrogens (primary N) is 1. The molecule has 0 saturated carbocycles. The third kappa shape index (κ3) is 1.80. The normalized spacial score (nSPS) is 10.1. The molecule has 0 aliphatic rings. The number of ketones is 1. The fourth-order valence-electron chi connectivity index (χ4n) is 1.58. The van der Waals surface area contributed by atoms with E-state index >= 15 is 0 Å². The van der Waals surface area contributed by atoms with Crippen molar-refractivity contribution < 1.29 is 4.79 Å². The molecule has 3 heteroatoms. The van der Waals surface area contributed by atoms with Crippen molar-refractivity contribution in [1.29, 1.82) is 0 Å².